The van der Waals surface area contributed by atoms with Gasteiger partial charge in [-0.1, -0.05) is 30.3 Å². The summed E-state index contributed by atoms with van der Waals surface area (Å²) in [6.45, 7) is 0. The van der Waals surface area contributed by atoms with E-state index in [2.05, 4.69) is 15.0 Å². The molecule has 1 aliphatic heterocycles. The third kappa shape index (κ3) is 2.84. The summed E-state index contributed by atoms with van der Waals surface area (Å²) < 4.78 is 6.92. The number of aromatic nitrogens is 4. The van der Waals surface area contributed by atoms with Gasteiger partial charge >= 0.3 is 0 Å². The van der Waals surface area contributed by atoms with E-state index in [1.165, 1.54) is 29.4 Å². The summed E-state index contributed by atoms with van der Waals surface area (Å²) in [6, 6.07) is 7.99. The van der Waals surface area contributed by atoms with Crippen molar-refractivity contribution in [3.8, 4) is 0 Å². The van der Waals surface area contributed by atoms with Gasteiger partial charge in [0.05, 0.1) is 6.33 Å². The second-order valence-electron chi connectivity index (χ2n) is 6.21. The predicted molar refractivity (Wildman–Crippen MR) is 90.9 cm³/mol. The molecule has 1 radical (unpaired) electrons. The van der Waals surface area contributed by atoms with Crippen molar-refractivity contribution in [3.63, 3.8) is 0 Å². The number of fused-ring (bicyclic) bond motifs is 1. The third-order valence-electron chi connectivity index (χ3n) is 4.55. The summed E-state index contributed by atoms with van der Waals surface area (Å²) in [7, 11) is 0. The molecule has 0 amide bonds. The molecule has 4 N–H and O–H groups in total. The molecule has 0 spiro atoms. The number of nitrogens with two attached hydrogens (primary N) is 1. The number of Topliss-reactive ketones (excluding diaryl/α,β-unsaturated/α-hetero) is 1. The number of hydrogen-bond donors (Lipinski definition) is 3. The van der Waals surface area contributed by atoms with Crippen LogP contribution in [0.5, 0.6) is 0 Å². The van der Waals surface area contributed by atoms with E-state index >= 15 is 0 Å². The lowest BCUT2D eigenvalue weighted by Gasteiger charge is -2.18. The van der Waals surface area contributed by atoms with Gasteiger partial charge in [0.1, 0.15) is 30.2 Å². The largest absolute Gasteiger partial charge is 0.387 e. The molecule has 139 valence electrons. The summed E-state index contributed by atoms with van der Waals surface area (Å²) in [6.07, 6.45) is -4.96. The minimum absolute atomic E-state index is 0.143. The Balaban J connectivity index is 1.62. The molecule has 4 rings (SSSR count). The van der Waals surface area contributed by atoms with Gasteiger partial charge < -0.3 is 20.7 Å². The number of carbonyl (C=O) groups is 1. The Morgan fingerprint density at radius 1 is 1.15 bits per heavy atom. The number of carbonyl (C=O) groups excluding carboxylic acids is 1. The normalized spacial score (nSPS) is 26.3. The highest BCUT2D eigenvalue weighted by molar-refractivity contribution is 5.99. The SMILES string of the molecule is Nc1ncnc2c1ncn2[C@@H]1O[C@H](C([O])C(=O)c2ccccc2)[C@@H](O)[C@H]1O. The van der Waals surface area contributed by atoms with E-state index in [1.807, 2.05) is 0 Å². The standard InChI is InChI=1S/C17H16N5O5/c18-15-9-16(20-6-19-15)22(7-21-9)17-13(26)12(25)14(27-17)11(24)10(23)8-4-2-1-3-5-8/h1-7,11-14,17,25-26H,(H2,18,19,20)/t11?,12-,13+,14+,17+/m0/s1. The Kier molecular flexibility index (Phi) is 4.32. The molecular formula is C17H16N5O5. The van der Waals surface area contributed by atoms with Crippen LogP contribution in [0.15, 0.2) is 43.0 Å². The lowest BCUT2D eigenvalue weighted by molar-refractivity contribution is -0.0896. The first-order valence-corrected chi connectivity index (χ1v) is 8.18. The highest BCUT2D eigenvalue weighted by Crippen LogP contribution is 2.34. The average molecular weight is 370 g/mol. The number of aliphatic hydroxyl groups excluding tert-OH is 2. The molecular weight excluding hydrogens is 354 g/mol. The number of imidazole rings is 1. The highest BCUT2D eigenvalue weighted by Gasteiger charge is 2.49. The number of hydrogen-bond acceptors (Lipinski definition) is 8. The number of ketones is 1. The van der Waals surface area contributed by atoms with Crippen LogP contribution in [0.3, 0.4) is 0 Å². The maximum atomic E-state index is 12.6. The van der Waals surface area contributed by atoms with Crippen molar-refractivity contribution >= 4 is 22.8 Å². The third-order valence-corrected chi connectivity index (χ3v) is 4.55. The van der Waals surface area contributed by atoms with Crippen LogP contribution in [-0.2, 0) is 9.84 Å². The van der Waals surface area contributed by atoms with Crippen LogP contribution < -0.4 is 5.73 Å². The number of aliphatic hydroxyl groups is 2. The fraction of sp³-hybridized carbons (Fsp3) is 0.294. The smallest absolute Gasteiger partial charge is 0.197 e. The number of ether oxygens (including phenoxy) is 1. The second-order valence-corrected chi connectivity index (χ2v) is 6.21. The lowest BCUT2D eigenvalue weighted by Crippen LogP contribution is -2.42. The Hall–Kier alpha value is -2.92. The summed E-state index contributed by atoms with van der Waals surface area (Å²) in [5.74, 6) is -0.584. The molecule has 3 aromatic rings. The quantitative estimate of drug-likeness (QED) is 0.529. The Morgan fingerprint density at radius 2 is 1.89 bits per heavy atom. The number of benzene rings is 1. The van der Waals surface area contributed by atoms with E-state index in [0.29, 0.717) is 5.52 Å². The summed E-state index contributed by atoms with van der Waals surface area (Å²) in [5, 5.41) is 33.3. The van der Waals surface area contributed by atoms with E-state index in [-0.39, 0.29) is 17.0 Å². The molecule has 1 unspecified atom stereocenters. The van der Waals surface area contributed by atoms with Gasteiger partial charge in [-0.25, -0.2) is 20.1 Å². The molecule has 0 bridgehead atoms. The predicted octanol–water partition coefficient (Wildman–Crippen LogP) is -0.290. The van der Waals surface area contributed by atoms with Gasteiger partial charge in [-0.3, -0.25) is 9.36 Å². The van der Waals surface area contributed by atoms with Gasteiger partial charge in [-0.05, 0) is 0 Å². The van der Waals surface area contributed by atoms with Gasteiger partial charge in [0.25, 0.3) is 0 Å². The first-order valence-electron chi connectivity index (χ1n) is 8.18. The molecule has 10 heteroatoms. The van der Waals surface area contributed by atoms with Gasteiger partial charge in [0.15, 0.2) is 29.6 Å². The van der Waals surface area contributed by atoms with Gasteiger partial charge in [-0.2, -0.15) is 0 Å². The maximum Gasteiger partial charge on any atom is 0.197 e. The van der Waals surface area contributed by atoms with Gasteiger partial charge in [-0.15, -0.1) is 0 Å². The van der Waals surface area contributed by atoms with Crippen molar-refractivity contribution < 1.29 is 24.9 Å². The zero-order chi connectivity index (χ0) is 19.1. The number of rotatable bonds is 4. The Labute approximate surface area is 152 Å². The van der Waals surface area contributed by atoms with Crippen LogP contribution in [-0.4, -0.2) is 59.9 Å². The van der Waals surface area contributed by atoms with Crippen LogP contribution >= 0.6 is 0 Å². The van der Waals surface area contributed by atoms with E-state index in [0.717, 1.165) is 0 Å². The van der Waals surface area contributed by atoms with Crippen molar-refractivity contribution in [2.24, 2.45) is 0 Å². The molecule has 27 heavy (non-hydrogen) atoms. The molecule has 0 saturated carbocycles. The van der Waals surface area contributed by atoms with Crippen molar-refractivity contribution in [1.82, 2.24) is 19.5 Å². The van der Waals surface area contributed by atoms with Crippen molar-refractivity contribution in [1.29, 1.82) is 0 Å². The summed E-state index contributed by atoms with van der Waals surface area (Å²) >= 11 is 0. The number of nitrogen functional groups attached to an aromatic ring is 1. The number of anilines is 1. The minimum atomic E-state index is -1.91. The van der Waals surface area contributed by atoms with E-state index < -0.39 is 36.4 Å². The van der Waals surface area contributed by atoms with Crippen molar-refractivity contribution in [2.45, 2.75) is 30.6 Å². The summed E-state index contributed by atoms with van der Waals surface area (Å²) in [5.41, 5.74) is 6.51. The fourth-order valence-corrected chi connectivity index (χ4v) is 3.14. The van der Waals surface area contributed by atoms with E-state index in [9.17, 15) is 20.1 Å². The van der Waals surface area contributed by atoms with Crippen LogP contribution in [0.25, 0.3) is 11.2 Å². The Morgan fingerprint density at radius 3 is 2.63 bits per heavy atom. The highest BCUT2D eigenvalue weighted by atomic mass is 16.6. The van der Waals surface area contributed by atoms with E-state index in [1.54, 1.807) is 18.2 Å². The van der Waals surface area contributed by atoms with Crippen LogP contribution in [0.2, 0.25) is 0 Å². The van der Waals surface area contributed by atoms with E-state index in [4.69, 9.17) is 10.5 Å². The van der Waals surface area contributed by atoms with Gasteiger partial charge in [0, 0.05) is 5.56 Å². The van der Waals surface area contributed by atoms with Gasteiger partial charge in [0.2, 0.25) is 0 Å². The molecule has 2 aromatic heterocycles. The molecule has 1 fully saturated rings. The molecule has 1 aliphatic rings. The van der Waals surface area contributed by atoms with Crippen LogP contribution in [0.4, 0.5) is 5.82 Å². The second kappa shape index (κ2) is 6.67. The molecule has 5 atom stereocenters. The monoisotopic (exact) mass is 370 g/mol. The summed E-state index contributed by atoms with van der Waals surface area (Å²) in [4.78, 5) is 24.3. The first kappa shape index (κ1) is 17.5. The molecule has 3 heterocycles. The Bertz CT molecular complexity index is 978. The average Bonchev–Trinajstić information content (AvgIpc) is 3.24. The first-order chi connectivity index (χ1) is 13.0. The molecule has 0 aliphatic carbocycles. The molecule has 10 nitrogen and oxygen atoms in total. The molecule has 1 saturated heterocycles. The lowest BCUT2D eigenvalue weighted by atomic mass is 9.98. The number of nitrogens with zero attached hydrogens (tertiary/aromatic N) is 4. The van der Waals surface area contributed by atoms with Crippen molar-refractivity contribution in [2.75, 3.05) is 5.73 Å². The minimum Gasteiger partial charge on any atom is -0.387 e. The maximum absolute atomic E-state index is 12.6. The van der Waals surface area contributed by atoms with Crippen molar-refractivity contribution in [3.05, 3.63) is 48.5 Å². The van der Waals surface area contributed by atoms with Crippen LogP contribution in [0.1, 0.15) is 16.6 Å². The fourth-order valence-electron chi connectivity index (χ4n) is 3.14. The topological polar surface area (TPSA) is 156 Å². The zero-order valence-corrected chi connectivity index (χ0v) is 13.9. The molecule has 1 aromatic carbocycles. The zero-order valence-electron chi connectivity index (χ0n) is 13.9. The van der Waals surface area contributed by atoms with Crippen LogP contribution in [0, 0.1) is 0 Å².